The standard InChI is InChI=1S/C21H27N5O2.2ClH/c1-25-13-15(11-24-25)20-17(7-8-19(27)26(20)2)21(28)23-12-18-16-6-4-3-5-14(16)9-10-22-18;;/h3-6,11,13,17-18,20,22H,7-10,12H2,1-2H3,(H,23,28);2*1H. The van der Waals surface area contributed by atoms with E-state index in [0.29, 0.717) is 19.4 Å². The van der Waals surface area contributed by atoms with Crippen molar-refractivity contribution < 1.29 is 9.59 Å². The van der Waals surface area contributed by atoms with Gasteiger partial charge in [0.2, 0.25) is 11.8 Å². The van der Waals surface area contributed by atoms with E-state index in [1.54, 1.807) is 22.8 Å². The molecule has 30 heavy (non-hydrogen) atoms. The van der Waals surface area contributed by atoms with Gasteiger partial charge >= 0.3 is 0 Å². The Labute approximate surface area is 189 Å². The van der Waals surface area contributed by atoms with Gasteiger partial charge in [-0.1, -0.05) is 24.3 Å². The van der Waals surface area contributed by atoms with Crippen LogP contribution in [0.2, 0.25) is 0 Å². The number of piperidine rings is 1. The van der Waals surface area contributed by atoms with Crippen molar-refractivity contribution in [3.05, 3.63) is 53.3 Å². The van der Waals surface area contributed by atoms with E-state index in [9.17, 15) is 9.59 Å². The van der Waals surface area contributed by atoms with Gasteiger partial charge in [0, 0.05) is 44.9 Å². The number of likely N-dealkylation sites (tertiary alicyclic amines) is 1. The minimum absolute atomic E-state index is 0. The predicted molar refractivity (Wildman–Crippen MR) is 120 cm³/mol. The van der Waals surface area contributed by atoms with Crippen molar-refractivity contribution >= 4 is 36.6 Å². The fraction of sp³-hybridized carbons (Fsp3) is 0.476. The lowest BCUT2D eigenvalue weighted by Gasteiger charge is -2.38. The molecular formula is C21H29Cl2N5O2. The summed E-state index contributed by atoms with van der Waals surface area (Å²) in [4.78, 5) is 27.0. The molecule has 2 amide bonds. The molecule has 3 unspecified atom stereocenters. The van der Waals surface area contributed by atoms with Gasteiger partial charge in [0.1, 0.15) is 0 Å². The van der Waals surface area contributed by atoms with Crippen LogP contribution in [0.25, 0.3) is 0 Å². The summed E-state index contributed by atoms with van der Waals surface area (Å²) in [6.45, 7) is 1.46. The Kier molecular flexibility index (Phi) is 8.29. The monoisotopic (exact) mass is 453 g/mol. The number of hydrogen-bond acceptors (Lipinski definition) is 4. The van der Waals surface area contributed by atoms with Gasteiger partial charge in [0.15, 0.2) is 0 Å². The molecule has 0 radical (unpaired) electrons. The first-order valence-corrected chi connectivity index (χ1v) is 9.87. The van der Waals surface area contributed by atoms with Crippen LogP contribution in [0.1, 0.15) is 41.6 Å². The van der Waals surface area contributed by atoms with Crippen LogP contribution in [0, 0.1) is 5.92 Å². The molecule has 2 N–H and O–H groups in total. The summed E-state index contributed by atoms with van der Waals surface area (Å²) >= 11 is 0. The number of benzene rings is 1. The molecule has 3 atom stereocenters. The largest absolute Gasteiger partial charge is 0.354 e. The second-order valence-corrected chi connectivity index (χ2v) is 7.74. The van der Waals surface area contributed by atoms with Gasteiger partial charge in [-0.2, -0.15) is 5.10 Å². The van der Waals surface area contributed by atoms with Gasteiger partial charge in [-0.15, -0.1) is 24.8 Å². The predicted octanol–water partition coefficient (Wildman–Crippen LogP) is 2.18. The topological polar surface area (TPSA) is 79.3 Å². The van der Waals surface area contributed by atoms with Crippen LogP contribution in [0.5, 0.6) is 0 Å². The molecule has 3 heterocycles. The van der Waals surface area contributed by atoms with Crippen LogP contribution in [0.4, 0.5) is 0 Å². The first-order chi connectivity index (χ1) is 13.5. The van der Waals surface area contributed by atoms with Crippen molar-refractivity contribution in [1.29, 1.82) is 0 Å². The maximum Gasteiger partial charge on any atom is 0.225 e. The van der Waals surface area contributed by atoms with Crippen molar-refractivity contribution in [2.75, 3.05) is 20.1 Å². The molecular weight excluding hydrogens is 425 g/mol. The van der Waals surface area contributed by atoms with Crippen LogP contribution in [-0.4, -0.2) is 46.6 Å². The number of carbonyl (C=O) groups is 2. The molecule has 1 fully saturated rings. The van der Waals surface area contributed by atoms with Crippen molar-refractivity contribution in [3.8, 4) is 0 Å². The Morgan fingerprint density at radius 2 is 2.00 bits per heavy atom. The number of nitrogens with one attached hydrogen (secondary N) is 2. The Balaban J connectivity index is 0.00000160. The molecule has 9 heteroatoms. The van der Waals surface area contributed by atoms with Crippen LogP contribution >= 0.6 is 24.8 Å². The summed E-state index contributed by atoms with van der Waals surface area (Å²) in [7, 11) is 3.62. The number of aromatic nitrogens is 2. The average molecular weight is 454 g/mol. The summed E-state index contributed by atoms with van der Waals surface area (Å²) in [5, 5.41) is 10.9. The number of halogens is 2. The van der Waals surface area contributed by atoms with Gasteiger partial charge in [-0.3, -0.25) is 14.3 Å². The van der Waals surface area contributed by atoms with E-state index in [-0.39, 0.29) is 54.6 Å². The highest BCUT2D eigenvalue weighted by atomic mass is 35.5. The molecule has 1 aromatic heterocycles. The third-order valence-electron chi connectivity index (χ3n) is 5.96. The van der Waals surface area contributed by atoms with E-state index >= 15 is 0 Å². The molecule has 164 valence electrons. The fourth-order valence-corrected chi connectivity index (χ4v) is 4.47. The number of amides is 2. The van der Waals surface area contributed by atoms with E-state index in [1.165, 1.54) is 11.1 Å². The number of aryl methyl sites for hydroxylation is 1. The van der Waals surface area contributed by atoms with Crippen LogP contribution < -0.4 is 10.6 Å². The number of nitrogens with zero attached hydrogens (tertiary/aromatic N) is 3. The minimum Gasteiger partial charge on any atom is -0.354 e. The lowest BCUT2D eigenvalue weighted by molar-refractivity contribution is -0.141. The Morgan fingerprint density at radius 1 is 1.23 bits per heavy atom. The molecule has 0 aliphatic carbocycles. The summed E-state index contributed by atoms with van der Waals surface area (Å²) in [5.74, 6) is -0.204. The number of hydrogen-bond donors (Lipinski definition) is 2. The quantitative estimate of drug-likeness (QED) is 0.743. The van der Waals surface area contributed by atoms with Gasteiger partial charge in [0.05, 0.1) is 18.2 Å². The Hall–Kier alpha value is -2.09. The maximum absolute atomic E-state index is 13.1. The van der Waals surface area contributed by atoms with Crippen molar-refractivity contribution in [1.82, 2.24) is 25.3 Å². The van der Waals surface area contributed by atoms with Crippen molar-refractivity contribution in [3.63, 3.8) is 0 Å². The van der Waals surface area contributed by atoms with E-state index in [1.807, 2.05) is 19.3 Å². The highest BCUT2D eigenvalue weighted by molar-refractivity contribution is 5.86. The van der Waals surface area contributed by atoms with Crippen molar-refractivity contribution in [2.45, 2.75) is 31.3 Å². The van der Waals surface area contributed by atoms with Gasteiger partial charge in [-0.25, -0.2) is 0 Å². The Morgan fingerprint density at radius 3 is 2.73 bits per heavy atom. The molecule has 2 aromatic rings. The van der Waals surface area contributed by atoms with E-state index in [2.05, 4.69) is 33.9 Å². The highest BCUT2D eigenvalue weighted by Crippen LogP contribution is 2.35. The maximum atomic E-state index is 13.1. The second kappa shape index (κ2) is 10.3. The second-order valence-electron chi connectivity index (χ2n) is 7.74. The Bertz CT molecular complexity index is 888. The van der Waals surface area contributed by atoms with Crippen LogP contribution in [0.15, 0.2) is 36.7 Å². The highest BCUT2D eigenvalue weighted by Gasteiger charge is 2.39. The van der Waals surface area contributed by atoms with Crippen LogP contribution in [0.3, 0.4) is 0 Å². The fourth-order valence-electron chi connectivity index (χ4n) is 4.47. The lowest BCUT2D eigenvalue weighted by Crippen LogP contribution is -2.48. The van der Waals surface area contributed by atoms with E-state index in [4.69, 9.17) is 0 Å². The molecule has 0 saturated carbocycles. The molecule has 0 bridgehead atoms. The SMILES string of the molecule is CN1C(=O)CCC(C(=O)NCC2NCCc3ccccc32)C1c1cnn(C)c1.Cl.Cl. The van der Waals surface area contributed by atoms with Gasteiger partial charge in [-0.05, 0) is 30.5 Å². The van der Waals surface area contributed by atoms with Crippen molar-refractivity contribution in [2.24, 2.45) is 13.0 Å². The average Bonchev–Trinajstić information content (AvgIpc) is 3.13. The minimum atomic E-state index is -0.276. The number of rotatable bonds is 4. The molecule has 0 spiro atoms. The molecule has 1 aromatic carbocycles. The first-order valence-electron chi connectivity index (χ1n) is 9.87. The lowest BCUT2D eigenvalue weighted by atomic mass is 9.85. The number of carbonyl (C=O) groups excluding carboxylic acids is 2. The molecule has 2 aliphatic rings. The summed E-state index contributed by atoms with van der Waals surface area (Å²) in [6, 6.07) is 8.23. The smallest absolute Gasteiger partial charge is 0.225 e. The third kappa shape index (κ3) is 4.79. The van der Waals surface area contributed by atoms with Gasteiger partial charge < -0.3 is 15.5 Å². The van der Waals surface area contributed by atoms with Crippen LogP contribution in [-0.2, 0) is 23.1 Å². The zero-order valence-electron chi connectivity index (χ0n) is 17.2. The van der Waals surface area contributed by atoms with Gasteiger partial charge in [0.25, 0.3) is 0 Å². The molecule has 7 nitrogen and oxygen atoms in total. The van der Waals surface area contributed by atoms with E-state index in [0.717, 1.165) is 18.5 Å². The summed E-state index contributed by atoms with van der Waals surface area (Å²) < 4.78 is 1.71. The first kappa shape index (κ1) is 24.2. The molecule has 2 aliphatic heterocycles. The normalized spacial score (nSPS) is 23.1. The zero-order valence-corrected chi connectivity index (χ0v) is 18.8. The number of fused-ring (bicyclic) bond motifs is 1. The van der Waals surface area contributed by atoms with E-state index < -0.39 is 0 Å². The summed E-state index contributed by atoms with van der Waals surface area (Å²) in [5.41, 5.74) is 3.50. The molecule has 4 rings (SSSR count). The third-order valence-corrected chi connectivity index (χ3v) is 5.96. The summed E-state index contributed by atoms with van der Waals surface area (Å²) in [6.07, 6.45) is 5.61. The zero-order chi connectivity index (χ0) is 19.7. The molecule has 1 saturated heterocycles.